The third kappa shape index (κ3) is 3.08. The quantitative estimate of drug-likeness (QED) is 0.916. The summed E-state index contributed by atoms with van der Waals surface area (Å²) in [5.41, 5.74) is 0.755. The molecular weight excluding hydrogens is 254 g/mol. The van der Waals surface area contributed by atoms with Crippen molar-refractivity contribution in [3.05, 3.63) is 17.7 Å². The van der Waals surface area contributed by atoms with Crippen LogP contribution in [0, 0.1) is 0 Å². The van der Waals surface area contributed by atoms with Crippen LogP contribution in [0.4, 0.5) is 5.69 Å². The van der Waals surface area contributed by atoms with E-state index in [-0.39, 0.29) is 11.6 Å². The van der Waals surface area contributed by atoms with Crippen molar-refractivity contribution in [3.8, 4) is 0 Å². The highest BCUT2D eigenvalue weighted by molar-refractivity contribution is 5.92. The van der Waals surface area contributed by atoms with Crippen LogP contribution in [-0.4, -0.2) is 34.1 Å². The van der Waals surface area contributed by atoms with Crippen LogP contribution >= 0.6 is 0 Å². The number of carboxylic acid groups (broad SMARTS) is 1. The second-order valence-electron chi connectivity index (χ2n) is 5.82. The molecule has 1 saturated carbocycles. The Kier molecular flexibility index (Phi) is 4.57. The molecule has 1 aliphatic carbocycles. The van der Waals surface area contributed by atoms with Crippen LogP contribution in [0.25, 0.3) is 0 Å². The summed E-state index contributed by atoms with van der Waals surface area (Å²) in [6.45, 7) is 3.93. The predicted octanol–water partition coefficient (Wildman–Crippen LogP) is 3.07. The molecule has 0 amide bonds. The summed E-state index contributed by atoms with van der Waals surface area (Å²) < 4.78 is 0. The first-order valence-corrected chi connectivity index (χ1v) is 7.33. The predicted molar refractivity (Wildman–Crippen MR) is 78.4 cm³/mol. The SMILES string of the molecule is CC(C)c1ncc(N(C)C2CCCCC2)c(C(=O)O)n1. The van der Waals surface area contributed by atoms with E-state index in [9.17, 15) is 9.90 Å². The molecule has 20 heavy (non-hydrogen) atoms. The first kappa shape index (κ1) is 14.8. The molecule has 2 rings (SSSR count). The molecule has 0 saturated heterocycles. The molecule has 0 aromatic carbocycles. The Morgan fingerprint density at radius 1 is 1.35 bits per heavy atom. The molecule has 1 aromatic heterocycles. The fraction of sp³-hybridized carbons (Fsp3) is 0.667. The van der Waals surface area contributed by atoms with Crippen molar-refractivity contribution in [2.75, 3.05) is 11.9 Å². The van der Waals surface area contributed by atoms with Crippen molar-refractivity contribution in [2.45, 2.75) is 57.9 Å². The van der Waals surface area contributed by atoms with Gasteiger partial charge in [0.05, 0.1) is 11.9 Å². The Morgan fingerprint density at radius 3 is 2.55 bits per heavy atom. The Hall–Kier alpha value is -1.65. The second kappa shape index (κ2) is 6.20. The number of hydrogen-bond acceptors (Lipinski definition) is 4. The van der Waals surface area contributed by atoms with Gasteiger partial charge in [-0.3, -0.25) is 0 Å². The maximum Gasteiger partial charge on any atom is 0.356 e. The van der Waals surface area contributed by atoms with Crippen molar-refractivity contribution < 1.29 is 9.90 Å². The smallest absolute Gasteiger partial charge is 0.356 e. The zero-order valence-corrected chi connectivity index (χ0v) is 12.5. The van der Waals surface area contributed by atoms with Crippen molar-refractivity contribution >= 4 is 11.7 Å². The third-order valence-electron chi connectivity index (χ3n) is 4.01. The normalized spacial score (nSPS) is 16.4. The van der Waals surface area contributed by atoms with Gasteiger partial charge in [0.1, 0.15) is 5.82 Å². The zero-order valence-electron chi connectivity index (χ0n) is 12.5. The van der Waals surface area contributed by atoms with Gasteiger partial charge in [0.2, 0.25) is 0 Å². The van der Waals surface area contributed by atoms with E-state index in [1.807, 2.05) is 25.8 Å². The lowest BCUT2D eigenvalue weighted by Gasteiger charge is -2.33. The molecule has 0 radical (unpaired) electrons. The number of carbonyl (C=O) groups is 1. The molecule has 0 atom stereocenters. The Bertz CT molecular complexity index is 482. The van der Waals surface area contributed by atoms with E-state index >= 15 is 0 Å². The molecule has 110 valence electrons. The fourth-order valence-electron chi connectivity index (χ4n) is 2.75. The molecule has 0 unspecified atom stereocenters. The van der Waals surface area contributed by atoms with Gasteiger partial charge in [-0.05, 0) is 12.8 Å². The Morgan fingerprint density at radius 2 is 2.00 bits per heavy atom. The van der Waals surface area contributed by atoms with Crippen LogP contribution in [-0.2, 0) is 0 Å². The van der Waals surface area contributed by atoms with E-state index in [2.05, 4.69) is 9.97 Å². The first-order chi connectivity index (χ1) is 9.50. The highest BCUT2D eigenvalue weighted by Crippen LogP contribution is 2.28. The molecule has 0 bridgehead atoms. The van der Waals surface area contributed by atoms with E-state index in [1.54, 1.807) is 6.20 Å². The van der Waals surface area contributed by atoms with E-state index < -0.39 is 5.97 Å². The van der Waals surface area contributed by atoms with Gasteiger partial charge in [0.15, 0.2) is 5.69 Å². The van der Waals surface area contributed by atoms with Gasteiger partial charge in [0.25, 0.3) is 0 Å². The van der Waals surface area contributed by atoms with Crippen LogP contribution in [0.3, 0.4) is 0 Å². The van der Waals surface area contributed by atoms with E-state index in [0.717, 1.165) is 12.8 Å². The lowest BCUT2D eigenvalue weighted by Crippen LogP contribution is -2.35. The number of aromatic carboxylic acids is 1. The molecule has 5 nitrogen and oxygen atoms in total. The molecule has 0 spiro atoms. The number of aromatic nitrogens is 2. The first-order valence-electron chi connectivity index (χ1n) is 7.33. The molecule has 1 N–H and O–H groups in total. The van der Waals surface area contributed by atoms with Gasteiger partial charge in [-0.15, -0.1) is 0 Å². The average Bonchev–Trinajstić information content (AvgIpc) is 2.46. The fourth-order valence-corrected chi connectivity index (χ4v) is 2.75. The van der Waals surface area contributed by atoms with Gasteiger partial charge in [-0.1, -0.05) is 33.1 Å². The minimum atomic E-state index is -0.980. The summed E-state index contributed by atoms with van der Waals surface area (Å²) in [6, 6.07) is 0.398. The van der Waals surface area contributed by atoms with Gasteiger partial charge in [0, 0.05) is 19.0 Å². The lowest BCUT2D eigenvalue weighted by atomic mass is 9.94. The minimum absolute atomic E-state index is 0.122. The maximum atomic E-state index is 11.5. The van der Waals surface area contributed by atoms with Gasteiger partial charge in [-0.25, -0.2) is 14.8 Å². The van der Waals surface area contributed by atoms with Crippen LogP contribution in [0.5, 0.6) is 0 Å². The number of rotatable bonds is 4. The largest absolute Gasteiger partial charge is 0.476 e. The summed E-state index contributed by atoms with van der Waals surface area (Å²) in [7, 11) is 1.95. The Balaban J connectivity index is 2.31. The summed E-state index contributed by atoms with van der Waals surface area (Å²) in [4.78, 5) is 22.1. The van der Waals surface area contributed by atoms with Crippen molar-refractivity contribution in [3.63, 3.8) is 0 Å². The molecule has 5 heteroatoms. The molecule has 1 heterocycles. The van der Waals surface area contributed by atoms with Crippen LogP contribution in [0.15, 0.2) is 6.20 Å². The van der Waals surface area contributed by atoms with Gasteiger partial charge < -0.3 is 10.0 Å². The van der Waals surface area contributed by atoms with Crippen LogP contribution in [0.1, 0.15) is 68.2 Å². The van der Waals surface area contributed by atoms with Gasteiger partial charge in [-0.2, -0.15) is 0 Å². The summed E-state index contributed by atoms with van der Waals surface area (Å²) in [6.07, 6.45) is 7.59. The molecule has 1 aromatic rings. The summed E-state index contributed by atoms with van der Waals surface area (Å²) in [5.74, 6) is -0.266. The van der Waals surface area contributed by atoms with Crippen molar-refractivity contribution in [1.82, 2.24) is 9.97 Å². The summed E-state index contributed by atoms with van der Waals surface area (Å²) >= 11 is 0. The van der Waals surface area contributed by atoms with Crippen molar-refractivity contribution in [1.29, 1.82) is 0 Å². The average molecular weight is 277 g/mol. The molecule has 1 fully saturated rings. The van der Waals surface area contributed by atoms with Crippen LogP contribution < -0.4 is 4.90 Å². The minimum Gasteiger partial charge on any atom is -0.476 e. The molecular formula is C15H23N3O2. The second-order valence-corrected chi connectivity index (χ2v) is 5.82. The van der Waals surface area contributed by atoms with E-state index in [0.29, 0.717) is 17.6 Å². The molecule has 0 aliphatic heterocycles. The topological polar surface area (TPSA) is 66.3 Å². The number of nitrogens with zero attached hydrogens (tertiary/aromatic N) is 3. The monoisotopic (exact) mass is 277 g/mol. The number of carboxylic acids is 1. The standard InChI is InChI=1S/C15H23N3O2/c1-10(2)14-16-9-12(13(17-14)15(19)20)18(3)11-7-5-4-6-8-11/h9-11H,4-8H2,1-3H3,(H,19,20). The highest BCUT2D eigenvalue weighted by atomic mass is 16.4. The molecule has 1 aliphatic rings. The third-order valence-corrected chi connectivity index (χ3v) is 4.01. The lowest BCUT2D eigenvalue weighted by molar-refractivity contribution is 0.0690. The van der Waals surface area contributed by atoms with E-state index in [1.165, 1.54) is 19.3 Å². The number of anilines is 1. The van der Waals surface area contributed by atoms with Crippen molar-refractivity contribution in [2.24, 2.45) is 0 Å². The van der Waals surface area contributed by atoms with Gasteiger partial charge >= 0.3 is 5.97 Å². The maximum absolute atomic E-state index is 11.5. The highest BCUT2D eigenvalue weighted by Gasteiger charge is 2.24. The zero-order chi connectivity index (χ0) is 14.7. The Labute approximate surface area is 120 Å². The summed E-state index contributed by atoms with van der Waals surface area (Å²) in [5, 5.41) is 9.40. The number of hydrogen-bond donors (Lipinski definition) is 1. The van der Waals surface area contributed by atoms with Crippen LogP contribution in [0.2, 0.25) is 0 Å². The van der Waals surface area contributed by atoms with E-state index in [4.69, 9.17) is 0 Å².